The average molecular weight is 438 g/mol. The van der Waals surface area contributed by atoms with E-state index in [9.17, 15) is 4.79 Å². The van der Waals surface area contributed by atoms with Gasteiger partial charge in [0.1, 0.15) is 0 Å². The number of likely N-dealkylation sites (tertiary alicyclic amines) is 1. The molecule has 1 aliphatic rings. The molecule has 0 spiro atoms. The Morgan fingerprint density at radius 2 is 1.90 bits per heavy atom. The predicted octanol–water partition coefficient (Wildman–Crippen LogP) is 5.19. The zero-order chi connectivity index (χ0) is 21.6. The summed E-state index contributed by atoms with van der Waals surface area (Å²) in [5.41, 5.74) is 3.26. The van der Waals surface area contributed by atoms with Gasteiger partial charge in [-0.2, -0.15) is 0 Å². The topological polar surface area (TPSA) is 58.4 Å². The van der Waals surface area contributed by atoms with E-state index in [1.165, 1.54) is 18.4 Å². The normalized spacial score (nSPS) is 15.2. The van der Waals surface area contributed by atoms with Gasteiger partial charge >= 0.3 is 0 Å². The maximum Gasteiger partial charge on any atom is 0.220 e. The van der Waals surface area contributed by atoms with Crippen molar-refractivity contribution in [1.29, 1.82) is 0 Å². The van der Waals surface area contributed by atoms with Crippen LogP contribution in [0, 0.1) is 6.92 Å². The van der Waals surface area contributed by atoms with E-state index in [-0.39, 0.29) is 11.9 Å². The molecule has 6 heteroatoms. The second kappa shape index (κ2) is 10.1. The molecule has 0 bridgehead atoms. The molecule has 1 unspecified atom stereocenters. The Hall–Kier alpha value is -2.63. The van der Waals surface area contributed by atoms with E-state index in [1.54, 1.807) is 6.20 Å². The van der Waals surface area contributed by atoms with Gasteiger partial charge in [0.25, 0.3) is 0 Å². The number of amides is 1. The lowest BCUT2D eigenvalue weighted by Crippen LogP contribution is -2.37. The molecule has 2 heterocycles. The summed E-state index contributed by atoms with van der Waals surface area (Å²) in [6.45, 7) is 4.66. The molecule has 1 aliphatic heterocycles. The van der Waals surface area contributed by atoms with Gasteiger partial charge in [-0.25, -0.2) is 4.98 Å². The van der Waals surface area contributed by atoms with Crippen molar-refractivity contribution >= 4 is 17.5 Å². The summed E-state index contributed by atoms with van der Waals surface area (Å²) in [5, 5.41) is 3.84. The molecular formula is C25H28ClN3O2. The molecule has 162 valence electrons. The first-order valence-electron chi connectivity index (χ1n) is 10.9. The predicted molar refractivity (Wildman–Crippen MR) is 123 cm³/mol. The first-order chi connectivity index (χ1) is 15.1. The fourth-order valence-electron chi connectivity index (χ4n) is 4.03. The minimum Gasteiger partial charge on any atom is -0.441 e. The summed E-state index contributed by atoms with van der Waals surface area (Å²) in [4.78, 5) is 19.3. The lowest BCUT2D eigenvalue weighted by Gasteiger charge is -2.29. The molecule has 0 saturated carbocycles. The first-order valence-corrected chi connectivity index (χ1v) is 11.2. The van der Waals surface area contributed by atoms with Crippen LogP contribution in [0.15, 0.2) is 59.1 Å². The van der Waals surface area contributed by atoms with Crippen molar-refractivity contribution in [2.24, 2.45) is 0 Å². The van der Waals surface area contributed by atoms with Crippen LogP contribution in [0.1, 0.15) is 42.3 Å². The second-order valence-electron chi connectivity index (χ2n) is 8.07. The van der Waals surface area contributed by atoms with Crippen molar-refractivity contribution in [1.82, 2.24) is 15.2 Å². The van der Waals surface area contributed by atoms with Gasteiger partial charge in [0.2, 0.25) is 5.91 Å². The molecule has 1 amide bonds. The standard InChI is InChI=1S/C25H28ClN3O2/c1-18-8-10-19(11-9-18)23-17-28-25(31-23)13-12-24(30)27-16-22(29-14-4-5-15-29)20-6-2-3-7-21(20)26/h2-3,6-11,17,22H,4-5,12-16H2,1H3,(H,27,30). The highest BCUT2D eigenvalue weighted by Gasteiger charge is 2.25. The number of carbonyl (C=O) groups excluding carboxylic acids is 1. The smallest absolute Gasteiger partial charge is 0.220 e. The monoisotopic (exact) mass is 437 g/mol. The van der Waals surface area contributed by atoms with Crippen LogP contribution in [0.25, 0.3) is 11.3 Å². The van der Waals surface area contributed by atoms with Crippen LogP contribution in [-0.4, -0.2) is 35.4 Å². The first kappa shape index (κ1) is 21.6. The summed E-state index contributed by atoms with van der Waals surface area (Å²) in [6, 6.07) is 16.1. The zero-order valence-corrected chi connectivity index (χ0v) is 18.6. The maximum absolute atomic E-state index is 12.5. The number of benzene rings is 2. The quantitative estimate of drug-likeness (QED) is 0.526. The highest BCUT2D eigenvalue weighted by atomic mass is 35.5. The Labute approximate surface area is 188 Å². The molecule has 0 aliphatic carbocycles. The number of oxazole rings is 1. The Morgan fingerprint density at radius 1 is 1.16 bits per heavy atom. The van der Waals surface area contributed by atoms with Crippen molar-refractivity contribution in [2.45, 2.75) is 38.6 Å². The van der Waals surface area contributed by atoms with E-state index in [4.69, 9.17) is 16.0 Å². The van der Waals surface area contributed by atoms with Crippen LogP contribution in [0.3, 0.4) is 0 Å². The summed E-state index contributed by atoms with van der Waals surface area (Å²) in [6.07, 6.45) is 4.89. The number of carbonyl (C=O) groups is 1. The van der Waals surface area contributed by atoms with E-state index in [1.807, 2.05) is 49.4 Å². The minimum atomic E-state index is -0.00802. The van der Waals surface area contributed by atoms with Crippen LogP contribution in [0.5, 0.6) is 0 Å². The van der Waals surface area contributed by atoms with E-state index in [0.29, 0.717) is 25.3 Å². The molecule has 1 aromatic heterocycles. The van der Waals surface area contributed by atoms with Gasteiger partial charge in [0, 0.05) is 30.0 Å². The Bertz CT molecular complexity index is 1010. The summed E-state index contributed by atoms with van der Waals surface area (Å²) in [5.74, 6) is 1.29. The van der Waals surface area contributed by atoms with Crippen LogP contribution >= 0.6 is 11.6 Å². The highest BCUT2D eigenvalue weighted by molar-refractivity contribution is 6.31. The number of hydrogen-bond donors (Lipinski definition) is 1. The highest BCUT2D eigenvalue weighted by Crippen LogP contribution is 2.29. The van der Waals surface area contributed by atoms with Crippen LogP contribution in [0.2, 0.25) is 5.02 Å². The summed E-state index contributed by atoms with van der Waals surface area (Å²) in [7, 11) is 0. The second-order valence-corrected chi connectivity index (χ2v) is 8.48. The molecule has 31 heavy (non-hydrogen) atoms. The number of halogens is 1. The molecule has 3 aromatic rings. The number of rotatable bonds is 8. The van der Waals surface area contributed by atoms with Crippen molar-refractivity contribution < 1.29 is 9.21 Å². The van der Waals surface area contributed by atoms with Gasteiger partial charge in [-0.3, -0.25) is 9.69 Å². The fraction of sp³-hybridized carbons (Fsp3) is 0.360. The van der Waals surface area contributed by atoms with E-state index < -0.39 is 0 Å². The minimum absolute atomic E-state index is 0.00802. The number of nitrogens with one attached hydrogen (secondary N) is 1. The Kier molecular flexibility index (Phi) is 7.05. The molecule has 2 aromatic carbocycles. The van der Waals surface area contributed by atoms with Crippen LogP contribution < -0.4 is 5.32 Å². The fourth-order valence-corrected chi connectivity index (χ4v) is 4.29. The third-order valence-electron chi connectivity index (χ3n) is 5.79. The van der Waals surface area contributed by atoms with E-state index in [2.05, 4.69) is 21.3 Å². The molecule has 1 N–H and O–H groups in total. The summed E-state index contributed by atoms with van der Waals surface area (Å²) < 4.78 is 5.84. The molecule has 1 fully saturated rings. The lowest BCUT2D eigenvalue weighted by molar-refractivity contribution is -0.121. The van der Waals surface area contributed by atoms with Crippen molar-refractivity contribution in [3.05, 3.63) is 76.8 Å². The maximum atomic E-state index is 12.5. The summed E-state index contributed by atoms with van der Waals surface area (Å²) >= 11 is 6.46. The van der Waals surface area contributed by atoms with Crippen LogP contribution in [-0.2, 0) is 11.2 Å². The lowest BCUT2D eigenvalue weighted by atomic mass is 10.1. The molecule has 1 atom stereocenters. The van der Waals surface area contributed by atoms with Crippen LogP contribution in [0.4, 0.5) is 0 Å². The molecule has 5 nitrogen and oxygen atoms in total. The average Bonchev–Trinajstić information content (AvgIpc) is 3.47. The Morgan fingerprint density at radius 3 is 2.65 bits per heavy atom. The molecule has 0 radical (unpaired) electrons. The third-order valence-corrected chi connectivity index (χ3v) is 6.14. The number of aromatic nitrogens is 1. The van der Waals surface area contributed by atoms with Gasteiger partial charge in [-0.15, -0.1) is 0 Å². The number of aryl methyl sites for hydroxylation is 2. The van der Waals surface area contributed by atoms with Gasteiger partial charge < -0.3 is 9.73 Å². The molecule has 4 rings (SSSR count). The third kappa shape index (κ3) is 5.54. The van der Waals surface area contributed by atoms with Gasteiger partial charge in [-0.05, 0) is 44.5 Å². The number of nitrogens with zero attached hydrogens (tertiary/aromatic N) is 2. The van der Waals surface area contributed by atoms with Crippen molar-refractivity contribution in [2.75, 3.05) is 19.6 Å². The SMILES string of the molecule is Cc1ccc(-c2cnc(CCC(=O)NCC(c3ccccc3Cl)N3CCCC3)o2)cc1. The van der Waals surface area contributed by atoms with E-state index >= 15 is 0 Å². The Balaban J connectivity index is 1.33. The zero-order valence-electron chi connectivity index (χ0n) is 17.8. The van der Waals surface area contributed by atoms with E-state index in [0.717, 1.165) is 35.0 Å². The molecular weight excluding hydrogens is 410 g/mol. The van der Waals surface area contributed by atoms with Gasteiger partial charge in [0.05, 0.1) is 12.2 Å². The van der Waals surface area contributed by atoms with Crippen molar-refractivity contribution in [3.63, 3.8) is 0 Å². The van der Waals surface area contributed by atoms with Gasteiger partial charge in [-0.1, -0.05) is 59.6 Å². The molecule has 1 saturated heterocycles. The van der Waals surface area contributed by atoms with Gasteiger partial charge in [0.15, 0.2) is 11.7 Å². The van der Waals surface area contributed by atoms with Crippen molar-refractivity contribution in [3.8, 4) is 11.3 Å². The number of hydrogen-bond acceptors (Lipinski definition) is 4. The largest absolute Gasteiger partial charge is 0.441 e.